The van der Waals surface area contributed by atoms with Gasteiger partial charge in [-0.25, -0.2) is 9.37 Å². The molecule has 0 aliphatic rings. The molecule has 0 fully saturated rings. The first kappa shape index (κ1) is 13.2. The van der Waals surface area contributed by atoms with Crippen LogP contribution in [0.25, 0.3) is 0 Å². The predicted molar refractivity (Wildman–Crippen MR) is 71.4 cm³/mol. The quantitative estimate of drug-likeness (QED) is 0.847. The number of aryl methyl sites for hydroxylation is 1. The van der Waals surface area contributed by atoms with E-state index in [-0.39, 0.29) is 17.1 Å². The lowest BCUT2D eigenvalue weighted by Crippen LogP contribution is -2.24. The summed E-state index contributed by atoms with van der Waals surface area (Å²) in [5.74, 6) is 0.0475. The molecule has 6 heteroatoms. The van der Waals surface area contributed by atoms with E-state index in [1.54, 1.807) is 19.1 Å². The van der Waals surface area contributed by atoms with Crippen molar-refractivity contribution in [1.82, 2.24) is 9.55 Å². The summed E-state index contributed by atoms with van der Waals surface area (Å²) in [6, 6.07) is 4.52. The molecule has 94 valence electrons. The maximum atomic E-state index is 13.3. The fourth-order valence-corrected chi connectivity index (χ4v) is 2.08. The van der Waals surface area contributed by atoms with Crippen LogP contribution < -0.4 is 5.56 Å². The van der Waals surface area contributed by atoms with Crippen molar-refractivity contribution in [2.45, 2.75) is 13.5 Å². The van der Waals surface area contributed by atoms with Gasteiger partial charge in [0.05, 0.1) is 11.6 Å². The molecule has 2 rings (SSSR count). The lowest BCUT2D eigenvalue weighted by atomic mass is 10.2. The fourth-order valence-electron chi connectivity index (χ4n) is 1.58. The maximum absolute atomic E-state index is 13.3. The Balaban J connectivity index is 2.50. The highest BCUT2D eigenvalue weighted by atomic mass is 79.9. The van der Waals surface area contributed by atoms with Crippen molar-refractivity contribution in [1.29, 1.82) is 0 Å². The van der Waals surface area contributed by atoms with Crippen molar-refractivity contribution >= 4 is 27.5 Å². The third kappa shape index (κ3) is 2.47. The Hall–Kier alpha value is -1.20. The van der Waals surface area contributed by atoms with E-state index < -0.39 is 5.82 Å². The van der Waals surface area contributed by atoms with Crippen molar-refractivity contribution in [3.05, 3.63) is 61.5 Å². The number of benzene rings is 1. The average Bonchev–Trinajstić information content (AvgIpc) is 2.35. The monoisotopic (exact) mass is 330 g/mol. The van der Waals surface area contributed by atoms with E-state index in [2.05, 4.69) is 20.9 Å². The van der Waals surface area contributed by atoms with Gasteiger partial charge in [-0.15, -0.1) is 0 Å². The third-order valence-corrected chi connectivity index (χ3v) is 3.53. The van der Waals surface area contributed by atoms with E-state index >= 15 is 0 Å². The van der Waals surface area contributed by atoms with Crippen molar-refractivity contribution < 1.29 is 4.39 Å². The Morgan fingerprint density at radius 3 is 2.94 bits per heavy atom. The molecule has 1 aromatic heterocycles. The Kier molecular flexibility index (Phi) is 3.82. The zero-order valence-corrected chi connectivity index (χ0v) is 11.8. The van der Waals surface area contributed by atoms with E-state index in [1.165, 1.54) is 16.8 Å². The molecule has 0 aliphatic heterocycles. The Morgan fingerprint density at radius 2 is 2.22 bits per heavy atom. The molecule has 0 radical (unpaired) electrons. The average molecular weight is 332 g/mol. The standard InChI is InChI=1S/C12H9BrClFN2O/c1-7-16-5-9(13)12(18)17(7)6-8-3-2-4-10(15)11(8)14/h2-5H,6H2,1H3. The molecule has 0 atom stereocenters. The second-order valence-corrected chi connectivity index (χ2v) is 4.99. The topological polar surface area (TPSA) is 34.9 Å². The van der Waals surface area contributed by atoms with Gasteiger partial charge in [0.2, 0.25) is 0 Å². The first-order chi connectivity index (χ1) is 8.50. The number of halogens is 3. The van der Waals surface area contributed by atoms with E-state index in [9.17, 15) is 9.18 Å². The largest absolute Gasteiger partial charge is 0.291 e. The van der Waals surface area contributed by atoms with Crippen molar-refractivity contribution in [2.75, 3.05) is 0 Å². The van der Waals surface area contributed by atoms with Crippen LogP contribution in [0.3, 0.4) is 0 Å². The molecular formula is C12H9BrClFN2O. The summed E-state index contributed by atoms with van der Waals surface area (Å²) in [6.45, 7) is 1.90. The van der Waals surface area contributed by atoms with Gasteiger partial charge in [0.25, 0.3) is 5.56 Å². The van der Waals surface area contributed by atoms with Gasteiger partial charge in [-0.05, 0) is 34.5 Å². The number of aromatic nitrogens is 2. The molecule has 0 bridgehead atoms. The Labute approximate surface area is 116 Å². The SMILES string of the molecule is Cc1ncc(Br)c(=O)n1Cc1cccc(F)c1Cl. The van der Waals surface area contributed by atoms with Crippen molar-refractivity contribution in [2.24, 2.45) is 0 Å². The molecule has 0 N–H and O–H groups in total. The molecule has 1 heterocycles. The van der Waals surface area contributed by atoms with Crippen LogP contribution in [0.4, 0.5) is 4.39 Å². The van der Waals surface area contributed by atoms with Gasteiger partial charge in [0.15, 0.2) is 0 Å². The van der Waals surface area contributed by atoms with Gasteiger partial charge < -0.3 is 0 Å². The third-order valence-electron chi connectivity index (χ3n) is 2.56. The summed E-state index contributed by atoms with van der Waals surface area (Å²) in [6.07, 6.45) is 1.45. The molecule has 18 heavy (non-hydrogen) atoms. The van der Waals surface area contributed by atoms with Gasteiger partial charge in [0, 0.05) is 6.20 Å². The maximum Gasteiger partial charge on any atom is 0.268 e. The Morgan fingerprint density at radius 1 is 1.50 bits per heavy atom. The highest BCUT2D eigenvalue weighted by molar-refractivity contribution is 9.10. The Bertz CT molecular complexity index is 657. The summed E-state index contributed by atoms with van der Waals surface area (Å²) >= 11 is 8.99. The molecule has 0 saturated carbocycles. The zero-order valence-electron chi connectivity index (χ0n) is 9.45. The van der Waals surface area contributed by atoms with Gasteiger partial charge in [-0.3, -0.25) is 9.36 Å². The van der Waals surface area contributed by atoms with Crippen LogP contribution >= 0.6 is 27.5 Å². The summed E-state index contributed by atoms with van der Waals surface area (Å²) < 4.78 is 15.1. The van der Waals surface area contributed by atoms with Crippen LogP contribution in [-0.4, -0.2) is 9.55 Å². The van der Waals surface area contributed by atoms with Crippen molar-refractivity contribution in [3.63, 3.8) is 0 Å². The molecular weight excluding hydrogens is 322 g/mol. The van der Waals surface area contributed by atoms with Crippen LogP contribution in [0.2, 0.25) is 5.02 Å². The van der Waals surface area contributed by atoms with E-state index in [0.717, 1.165) is 0 Å². The highest BCUT2D eigenvalue weighted by Crippen LogP contribution is 2.20. The van der Waals surface area contributed by atoms with Gasteiger partial charge in [-0.1, -0.05) is 23.7 Å². The van der Waals surface area contributed by atoms with E-state index in [4.69, 9.17) is 11.6 Å². The second-order valence-electron chi connectivity index (χ2n) is 3.76. The fraction of sp³-hybridized carbons (Fsp3) is 0.167. The summed E-state index contributed by atoms with van der Waals surface area (Å²) in [4.78, 5) is 16.0. The first-order valence-electron chi connectivity index (χ1n) is 5.15. The summed E-state index contributed by atoms with van der Waals surface area (Å²) in [7, 11) is 0. The molecule has 0 amide bonds. The highest BCUT2D eigenvalue weighted by Gasteiger charge is 2.10. The van der Waals surface area contributed by atoms with Crippen LogP contribution in [0, 0.1) is 12.7 Å². The van der Waals surface area contributed by atoms with Crippen LogP contribution in [0.5, 0.6) is 0 Å². The number of rotatable bonds is 2. The molecule has 0 aliphatic carbocycles. The minimum atomic E-state index is -0.497. The number of hydrogen-bond donors (Lipinski definition) is 0. The second kappa shape index (κ2) is 5.20. The summed E-state index contributed by atoms with van der Waals surface area (Å²) in [5.41, 5.74) is 0.324. The zero-order chi connectivity index (χ0) is 13.3. The van der Waals surface area contributed by atoms with E-state index in [1.807, 2.05) is 0 Å². The molecule has 2 aromatic rings. The van der Waals surface area contributed by atoms with Crippen LogP contribution in [0.1, 0.15) is 11.4 Å². The van der Waals surface area contributed by atoms with Crippen LogP contribution in [-0.2, 0) is 6.54 Å². The number of nitrogens with zero attached hydrogens (tertiary/aromatic N) is 2. The van der Waals surface area contributed by atoms with E-state index in [0.29, 0.717) is 15.9 Å². The molecule has 3 nitrogen and oxygen atoms in total. The molecule has 0 spiro atoms. The lowest BCUT2D eigenvalue weighted by molar-refractivity contribution is 0.621. The van der Waals surface area contributed by atoms with Gasteiger partial charge in [-0.2, -0.15) is 0 Å². The van der Waals surface area contributed by atoms with Gasteiger partial charge in [0.1, 0.15) is 16.1 Å². The minimum Gasteiger partial charge on any atom is -0.291 e. The molecule has 1 aromatic carbocycles. The normalized spacial score (nSPS) is 10.7. The molecule has 0 unspecified atom stereocenters. The van der Waals surface area contributed by atoms with Gasteiger partial charge >= 0.3 is 0 Å². The number of hydrogen-bond acceptors (Lipinski definition) is 2. The predicted octanol–water partition coefficient (Wildman–Crippen LogP) is 3.16. The first-order valence-corrected chi connectivity index (χ1v) is 6.32. The molecule has 0 saturated heterocycles. The lowest BCUT2D eigenvalue weighted by Gasteiger charge is -2.10. The minimum absolute atomic E-state index is 0.0313. The summed E-state index contributed by atoms with van der Waals surface area (Å²) in [5, 5.41) is 0.0313. The van der Waals surface area contributed by atoms with Crippen molar-refractivity contribution in [3.8, 4) is 0 Å². The smallest absolute Gasteiger partial charge is 0.268 e. The van der Waals surface area contributed by atoms with Crippen LogP contribution in [0.15, 0.2) is 33.7 Å².